The molecule has 0 amide bonds. The molecule has 2 aromatic carbocycles. The van der Waals surface area contributed by atoms with Gasteiger partial charge in [-0.2, -0.15) is 5.10 Å². The molecule has 1 N–H and O–H groups in total. The molecule has 0 aliphatic rings. The van der Waals surface area contributed by atoms with Crippen molar-refractivity contribution in [2.75, 3.05) is 7.11 Å². The van der Waals surface area contributed by atoms with Gasteiger partial charge in [0.15, 0.2) is 17.3 Å². The van der Waals surface area contributed by atoms with Crippen molar-refractivity contribution in [1.29, 1.82) is 0 Å². The number of hydrogen-bond acceptors (Lipinski definition) is 5. The fourth-order valence-corrected chi connectivity index (χ4v) is 3.65. The number of phenols is 1. The van der Waals surface area contributed by atoms with Crippen LogP contribution in [0.2, 0.25) is 0 Å². The van der Waals surface area contributed by atoms with E-state index in [4.69, 9.17) is 9.84 Å². The van der Waals surface area contributed by atoms with Gasteiger partial charge in [-0.25, -0.2) is 4.68 Å². The van der Waals surface area contributed by atoms with E-state index in [1.165, 1.54) is 25.3 Å². The first-order valence-corrected chi connectivity index (χ1v) is 9.82. The largest absolute Gasteiger partial charge is 0.504 e. The van der Waals surface area contributed by atoms with Crippen LogP contribution < -0.4 is 4.74 Å². The van der Waals surface area contributed by atoms with E-state index in [9.17, 15) is 9.90 Å². The van der Waals surface area contributed by atoms with Gasteiger partial charge in [0.1, 0.15) is 5.69 Å². The first-order chi connectivity index (χ1) is 14.2. The fourth-order valence-electron chi connectivity index (χ4n) is 2.92. The number of nitrogens with zero attached hydrogens (tertiary/aromatic N) is 2. The number of thiophene rings is 1. The minimum absolute atomic E-state index is 0.00264. The van der Waals surface area contributed by atoms with Crippen LogP contribution in [0.5, 0.6) is 11.5 Å². The highest BCUT2D eigenvalue weighted by Gasteiger charge is 2.13. The minimum atomic E-state index is -0.187. The number of allylic oxidation sites excluding steroid dienone is 1. The highest BCUT2D eigenvalue weighted by molar-refractivity contribution is 7.13. The van der Waals surface area contributed by atoms with E-state index in [2.05, 4.69) is 0 Å². The lowest BCUT2D eigenvalue weighted by Gasteiger charge is -2.04. The Hall–Kier alpha value is -3.64. The van der Waals surface area contributed by atoms with Gasteiger partial charge in [0.05, 0.1) is 17.7 Å². The zero-order chi connectivity index (χ0) is 20.2. The Kier molecular flexibility index (Phi) is 5.27. The molecule has 4 rings (SSSR count). The maximum Gasteiger partial charge on any atom is 0.185 e. The fraction of sp³-hybridized carbons (Fsp3) is 0.0435. The highest BCUT2D eigenvalue weighted by atomic mass is 32.1. The average molecular weight is 402 g/mol. The number of para-hydroxylation sites is 1. The van der Waals surface area contributed by atoms with Gasteiger partial charge in [0.25, 0.3) is 0 Å². The standard InChI is InChI=1S/C23H18N2O3S/c1-28-21-14-16(9-12-20(21)27)19(26)11-10-17-15-25(18-6-3-2-4-7-18)24-23(17)22-8-5-13-29-22/h2-15,27H,1H3/b11-10+. The molecule has 6 heteroatoms. The molecule has 4 aromatic rings. The Labute approximate surface area is 172 Å². The predicted molar refractivity (Wildman–Crippen MR) is 115 cm³/mol. The summed E-state index contributed by atoms with van der Waals surface area (Å²) in [5.74, 6) is 0.0745. The van der Waals surface area contributed by atoms with Crippen LogP contribution in [-0.2, 0) is 0 Å². The third-order valence-corrected chi connectivity index (χ3v) is 5.27. The third kappa shape index (κ3) is 3.97. The van der Waals surface area contributed by atoms with Gasteiger partial charge in [-0.05, 0) is 53.9 Å². The Bertz CT molecular complexity index is 1160. The Morgan fingerprint density at radius 2 is 1.97 bits per heavy atom. The number of rotatable bonds is 6. The summed E-state index contributed by atoms with van der Waals surface area (Å²) in [5.41, 5.74) is 3.04. The van der Waals surface area contributed by atoms with Gasteiger partial charge in [-0.15, -0.1) is 11.3 Å². The zero-order valence-corrected chi connectivity index (χ0v) is 16.5. The molecule has 0 saturated carbocycles. The van der Waals surface area contributed by atoms with Crippen LogP contribution in [0.15, 0.2) is 78.3 Å². The Morgan fingerprint density at radius 1 is 1.14 bits per heavy atom. The molecule has 0 spiro atoms. The van der Waals surface area contributed by atoms with Crippen molar-refractivity contribution in [3.63, 3.8) is 0 Å². The predicted octanol–water partition coefficient (Wildman–Crippen LogP) is 5.21. The van der Waals surface area contributed by atoms with Crippen molar-refractivity contribution in [2.24, 2.45) is 0 Å². The molecular weight excluding hydrogens is 384 g/mol. The van der Waals surface area contributed by atoms with Gasteiger partial charge >= 0.3 is 0 Å². The van der Waals surface area contributed by atoms with Crippen LogP contribution in [0.4, 0.5) is 0 Å². The van der Waals surface area contributed by atoms with Gasteiger partial charge in [-0.3, -0.25) is 4.79 Å². The number of aromatic nitrogens is 2. The number of phenolic OH excluding ortho intramolecular Hbond substituents is 1. The van der Waals surface area contributed by atoms with E-state index in [0.29, 0.717) is 5.56 Å². The molecule has 0 saturated heterocycles. The Balaban J connectivity index is 1.69. The number of hydrogen-bond donors (Lipinski definition) is 1. The van der Waals surface area contributed by atoms with Crippen LogP contribution >= 0.6 is 11.3 Å². The number of methoxy groups -OCH3 is 1. The van der Waals surface area contributed by atoms with Crippen LogP contribution in [0.1, 0.15) is 15.9 Å². The molecule has 0 bridgehead atoms. The molecule has 0 fully saturated rings. The van der Waals surface area contributed by atoms with E-state index in [1.54, 1.807) is 23.5 Å². The average Bonchev–Trinajstić information content (AvgIpc) is 3.43. The lowest BCUT2D eigenvalue weighted by Crippen LogP contribution is -1.95. The maximum atomic E-state index is 12.6. The minimum Gasteiger partial charge on any atom is -0.504 e. The van der Waals surface area contributed by atoms with E-state index < -0.39 is 0 Å². The first kappa shape index (κ1) is 18.7. The number of ketones is 1. The number of benzene rings is 2. The summed E-state index contributed by atoms with van der Waals surface area (Å²) in [7, 11) is 1.45. The van der Waals surface area contributed by atoms with Crippen LogP contribution in [0.25, 0.3) is 22.3 Å². The molecule has 144 valence electrons. The van der Waals surface area contributed by atoms with Crippen LogP contribution in [-0.4, -0.2) is 27.8 Å². The maximum absolute atomic E-state index is 12.6. The zero-order valence-electron chi connectivity index (χ0n) is 15.6. The second-order valence-corrected chi connectivity index (χ2v) is 7.22. The summed E-state index contributed by atoms with van der Waals surface area (Å²) in [4.78, 5) is 13.6. The van der Waals surface area contributed by atoms with Crippen molar-refractivity contribution in [2.45, 2.75) is 0 Å². The second kappa shape index (κ2) is 8.16. The number of ether oxygens (including phenoxy) is 1. The topological polar surface area (TPSA) is 64.4 Å². The summed E-state index contributed by atoms with van der Waals surface area (Å²) < 4.78 is 6.89. The SMILES string of the molecule is COc1cc(C(=O)/C=C/c2cn(-c3ccccc3)nc2-c2cccs2)ccc1O. The number of aromatic hydroxyl groups is 1. The van der Waals surface area contributed by atoms with E-state index >= 15 is 0 Å². The van der Waals surface area contributed by atoms with Crippen molar-refractivity contribution in [3.05, 3.63) is 89.4 Å². The summed E-state index contributed by atoms with van der Waals surface area (Å²) in [6, 6.07) is 18.4. The molecule has 0 aliphatic carbocycles. The number of carbonyl (C=O) groups is 1. The second-order valence-electron chi connectivity index (χ2n) is 6.27. The molecular formula is C23H18N2O3S. The quantitative estimate of drug-likeness (QED) is 0.355. The van der Waals surface area contributed by atoms with Gasteiger partial charge in [0.2, 0.25) is 0 Å². The molecule has 0 radical (unpaired) electrons. The van der Waals surface area contributed by atoms with Crippen molar-refractivity contribution in [3.8, 4) is 27.8 Å². The summed E-state index contributed by atoms with van der Waals surface area (Å²) in [6.45, 7) is 0. The van der Waals surface area contributed by atoms with Crippen molar-refractivity contribution in [1.82, 2.24) is 9.78 Å². The van der Waals surface area contributed by atoms with Gasteiger partial charge in [-0.1, -0.05) is 24.3 Å². The van der Waals surface area contributed by atoms with Crippen LogP contribution in [0.3, 0.4) is 0 Å². The first-order valence-electron chi connectivity index (χ1n) is 8.94. The molecule has 5 nitrogen and oxygen atoms in total. The molecule has 2 heterocycles. The van der Waals surface area contributed by atoms with E-state index in [1.807, 2.05) is 58.7 Å². The van der Waals surface area contributed by atoms with Crippen molar-refractivity contribution >= 4 is 23.2 Å². The normalized spacial score (nSPS) is 11.1. The molecule has 0 unspecified atom stereocenters. The highest BCUT2D eigenvalue weighted by Crippen LogP contribution is 2.29. The smallest absolute Gasteiger partial charge is 0.185 e. The summed E-state index contributed by atoms with van der Waals surface area (Å²) in [5, 5.41) is 16.4. The van der Waals surface area contributed by atoms with E-state index in [0.717, 1.165) is 21.8 Å². The van der Waals surface area contributed by atoms with Crippen molar-refractivity contribution < 1.29 is 14.6 Å². The monoisotopic (exact) mass is 402 g/mol. The third-order valence-electron chi connectivity index (χ3n) is 4.40. The van der Waals surface area contributed by atoms with Gasteiger partial charge in [0, 0.05) is 17.3 Å². The Morgan fingerprint density at radius 3 is 2.69 bits per heavy atom. The lowest BCUT2D eigenvalue weighted by atomic mass is 10.1. The molecule has 2 aromatic heterocycles. The molecule has 0 atom stereocenters. The molecule has 0 aliphatic heterocycles. The van der Waals surface area contributed by atoms with E-state index in [-0.39, 0.29) is 17.3 Å². The van der Waals surface area contributed by atoms with Crippen LogP contribution in [0, 0.1) is 0 Å². The molecule has 29 heavy (non-hydrogen) atoms. The number of carbonyl (C=O) groups excluding carboxylic acids is 1. The van der Waals surface area contributed by atoms with Gasteiger partial charge < -0.3 is 9.84 Å². The summed E-state index contributed by atoms with van der Waals surface area (Å²) in [6.07, 6.45) is 5.18. The lowest BCUT2D eigenvalue weighted by molar-refractivity contribution is 0.104. The summed E-state index contributed by atoms with van der Waals surface area (Å²) >= 11 is 1.60.